The van der Waals surface area contributed by atoms with Crippen molar-refractivity contribution < 1.29 is 9.84 Å². The highest BCUT2D eigenvalue weighted by Gasteiger charge is 2.27. The van der Waals surface area contributed by atoms with Gasteiger partial charge in [0.15, 0.2) is 6.29 Å². The van der Waals surface area contributed by atoms with Crippen LogP contribution in [0.3, 0.4) is 0 Å². The molecule has 1 rings (SSSR count). The van der Waals surface area contributed by atoms with E-state index in [2.05, 4.69) is 34.6 Å². The number of aliphatic hydroxyl groups excluding tert-OH is 1. The summed E-state index contributed by atoms with van der Waals surface area (Å²) in [6, 6.07) is 5.79. The maximum absolute atomic E-state index is 9.23. The summed E-state index contributed by atoms with van der Waals surface area (Å²) in [7, 11) is 0. The molecule has 0 spiro atoms. The van der Waals surface area contributed by atoms with E-state index in [-0.39, 0.29) is 10.8 Å². The van der Waals surface area contributed by atoms with E-state index in [0.717, 1.165) is 6.42 Å². The van der Waals surface area contributed by atoms with E-state index in [4.69, 9.17) is 16.3 Å². The van der Waals surface area contributed by atoms with Crippen molar-refractivity contribution in [2.75, 3.05) is 0 Å². The van der Waals surface area contributed by atoms with Gasteiger partial charge in [0.1, 0.15) is 5.75 Å². The fourth-order valence-corrected chi connectivity index (χ4v) is 2.85. The molecule has 0 amide bonds. The predicted molar refractivity (Wildman–Crippen MR) is 80.9 cm³/mol. The third kappa shape index (κ3) is 5.04. The quantitative estimate of drug-likeness (QED) is 0.807. The lowest BCUT2D eigenvalue weighted by atomic mass is 9.72. The van der Waals surface area contributed by atoms with Gasteiger partial charge >= 0.3 is 0 Å². The van der Waals surface area contributed by atoms with E-state index >= 15 is 0 Å². The summed E-state index contributed by atoms with van der Waals surface area (Å²) in [6.07, 6.45) is 0.207. The first kappa shape index (κ1) is 16.3. The SMILES string of the molecule is CC(O)Oc1ccc(C(C)(C)CC(C)(C)C)cc1Cl. The minimum absolute atomic E-state index is 0.0469. The Morgan fingerprint density at radius 2 is 1.79 bits per heavy atom. The van der Waals surface area contributed by atoms with Crippen molar-refractivity contribution in [3.63, 3.8) is 0 Å². The van der Waals surface area contributed by atoms with Crippen molar-refractivity contribution in [2.45, 2.75) is 59.7 Å². The van der Waals surface area contributed by atoms with Crippen LogP contribution in [0.1, 0.15) is 53.5 Å². The van der Waals surface area contributed by atoms with Gasteiger partial charge < -0.3 is 9.84 Å². The highest BCUT2D eigenvalue weighted by molar-refractivity contribution is 6.32. The van der Waals surface area contributed by atoms with Crippen LogP contribution >= 0.6 is 11.6 Å². The molecule has 0 saturated carbocycles. The number of aliphatic hydroxyl groups is 1. The van der Waals surface area contributed by atoms with E-state index in [9.17, 15) is 5.11 Å². The molecule has 1 N–H and O–H groups in total. The third-order valence-electron chi connectivity index (χ3n) is 2.98. The zero-order valence-electron chi connectivity index (χ0n) is 12.7. The summed E-state index contributed by atoms with van der Waals surface area (Å²) in [6.45, 7) is 12.7. The first-order valence-corrected chi connectivity index (χ1v) is 7.04. The average molecular weight is 285 g/mol. The maximum atomic E-state index is 9.23. The molecule has 0 radical (unpaired) electrons. The second-order valence-corrected chi connectivity index (χ2v) is 7.39. The topological polar surface area (TPSA) is 29.5 Å². The minimum Gasteiger partial charge on any atom is -0.464 e. The van der Waals surface area contributed by atoms with E-state index in [1.54, 1.807) is 6.92 Å². The van der Waals surface area contributed by atoms with E-state index in [0.29, 0.717) is 10.8 Å². The van der Waals surface area contributed by atoms with Gasteiger partial charge in [-0.25, -0.2) is 0 Å². The van der Waals surface area contributed by atoms with Crippen LogP contribution in [0.4, 0.5) is 0 Å². The van der Waals surface area contributed by atoms with Crippen LogP contribution < -0.4 is 4.74 Å². The van der Waals surface area contributed by atoms with Gasteiger partial charge in [-0.05, 0) is 41.9 Å². The molecule has 1 atom stereocenters. The molecular weight excluding hydrogens is 260 g/mol. The second kappa shape index (κ2) is 5.72. The van der Waals surface area contributed by atoms with Crippen LogP contribution in [0.5, 0.6) is 5.75 Å². The Labute approximate surface area is 121 Å². The molecule has 0 aliphatic rings. The fraction of sp³-hybridized carbons (Fsp3) is 0.625. The van der Waals surface area contributed by atoms with E-state index in [1.807, 2.05) is 18.2 Å². The molecule has 0 fully saturated rings. The lowest BCUT2D eigenvalue weighted by Crippen LogP contribution is -2.24. The lowest BCUT2D eigenvalue weighted by molar-refractivity contribution is -0.000245. The van der Waals surface area contributed by atoms with Crippen molar-refractivity contribution in [1.29, 1.82) is 0 Å². The third-order valence-corrected chi connectivity index (χ3v) is 3.28. The normalized spacial score (nSPS) is 14.3. The molecule has 108 valence electrons. The van der Waals surface area contributed by atoms with Crippen LogP contribution in [0, 0.1) is 5.41 Å². The highest BCUT2D eigenvalue weighted by atomic mass is 35.5. The second-order valence-electron chi connectivity index (χ2n) is 6.98. The number of halogens is 1. The molecule has 0 bridgehead atoms. The van der Waals surface area contributed by atoms with Crippen LogP contribution in [-0.4, -0.2) is 11.4 Å². The fourth-order valence-electron chi connectivity index (χ4n) is 2.63. The number of hydrogen-bond donors (Lipinski definition) is 1. The van der Waals surface area contributed by atoms with Crippen molar-refractivity contribution in [1.82, 2.24) is 0 Å². The van der Waals surface area contributed by atoms with Crippen molar-refractivity contribution in [3.8, 4) is 5.75 Å². The molecule has 0 saturated heterocycles. The molecule has 1 aromatic rings. The summed E-state index contributed by atoms with van der Waals surface area (Å²) < 4.78 is 5.24. The molecular formula is C16H25ClO2. The Bertz CT molecular complexity index is 431. The average Bonchev–Trinajstić information content (AvgIpc) is 2.16. The largest absolute Gasteiger partial charge is 0.464 e. The molecule has 19 heavy (non-hydrogen) atoms. The Morgan fingerprint density at radius 3 is 2.21 bits per heavy atom. The van der Waals surface area contributed by atoms with Gasteiger partial charge in [0.05, 0.1) is 5.02 Å². The monoisotopic (exact) mass is 284 g/mol. The Hall–Kier alpha value is -0.730. The number of hydrogen-bond acceptors (Lipinski definition) is 2. The van der Waals surface area contributed by atoms with Gasteiger partial charge in [0.2, 0.25) is 0 Å². The van der Waals surface area contributed by atoms with Gasteiger partial charge in [0, 0.05) is 0 Å². The molecule has 2 nitrogen and oxygen atoms in total. The Morgan fingerprint density at radius 1 is 1.21 bits per heavy atom. The smallest absolute Gasteiger partial charge is 0.194 e. The molecule has 0 aliphatic heterocycles. The highest BCUT2D eigenvalue weighted by Crippen LogP contribution is 2.38. The molecule has 1 aromatic carbocycles. The molecule has 1 unspecified atom stereocenters. The van der Waals surface area contributed by atoms with E-state index < -0.39 is 6.29 Å². The maximum Gasteiger partial charge on any atom is 0.194 e. The summed E-state index contributed by atoms with van der Waals surface area (Å²) in [5.74, 6) is 0.520. The van der Waals surface area contributed by atoms with Gasteiger partial charge in [0.25, 0.3) is 0 Å². The predicted octanol–water partition coefficient (Wildman–Crippen LogP) is 4.77. The lowest BCUT2D eigenvalue weighted by Gasteiger charge is -2.33. The zero-order valence-corrected chi connectivity index (χ0v) is 13.5. The van der Waals surface area contributed by atoms with E-state index in [1.165, 1.54) is 5.56 Å². The Balaban J connectivity index is 3.00. The van der Waals surface area contributed by atoms with Crippen molar-refractivity contribution >= 4 is 11.6 Å². The Kier molecular flexibility index (Phi) is 4.91. The summed E-state index contributed by atoms with van der Waals surface area (Å²) in [5.41, 5.74) is 1.49. The molecule has 0 aliphatic carbocycles. The number of benzene rings is 1. The van der Waals surface area contributed by atoms with Crippen molar-refractivity contribution in [3.05, 3.63) is 28.8 Å². The minimum atomic E-state index is -0.856. The van der Waals surface area contributed by atoms with Gasteiger partial charge in [-0.2, -0.15) is 0 Å². The van der Waals surface area contributed by atoms with Gasteiger partial charge in [-0.1, -0.05) is 52.3 Å². The standard InChI is InChI=1S/C16H25ClO2/c1-11(18)19-14-8-7-12(9-13(14)17)16(5,6)10-15(2,3)4/h7-9,11,18H,10H2,1-6H3. The van der Waals surface area contributed by atoms with Crippen LogP contribution in [0.25, 0.3) is 0 Å². The molecule has 0 aromatic heterocycles. The number of rotatable bonds is 4. The number of ether oxygens (including phenoxy) is 1. The summed E-state index contributed by atoms with van der Waals surface area (Å²) in [4.78, 5) is 0. The zero-order chi connectivity index (χ0) is 14.8. The van der Waals surface area contributed by atoms with Crippen molar-refractivity contribution in [2.24, 2.45) is 5.41 Å². The van der Waals surface area contributed by atoms with Crippen LogP contribution in [0.2, 0.25) is 5.02 Å². The molecule has 0 heterocycles. The summed E-state index contributed by atoms with van der Waals surface area (Å²) >= 11 is 6.21. The first-order valence-electron chi connectivity index (χ1n) is 6.66. The van der Waals surface area contributed by atoms with Crippen LogP contribution in [-0.2, 0) is 5.41 Å². The van der Waals surface area contributed by atoms with Gasteiger partial charge in [-0.15, -0.1) is 0 Å². The van der Waals surface area contributed by atoms with Crippen LogP contribution in [0.15, 0.2) is 18.2 Å². The van der Waals surface area contributed by atoms with Gasteiger partial charge in [-0.3, -0.25) is 0 Å². The summed E-state index contributed by atoms with van der Waals surface area (Å²) in [5, 5.41) is 9.77. The molecule has 3 heteroatoms. The first-order chi connectivity index (χ1) is 8.51.